The summed E-state index contributed by atoms with van der Waals surface area (Å²) in [7, 11) is 0. The second kappa shape index (κ2) is 7.12. The van der Waals surface area contributed by atoms with Crippen LogP contribution in [0.5, 0.6) is 0 Å². The van der Waals surface area contributed by atoms with Crippen LogP contribution in [-0.2, 0) is 22.4 Å². The number of fused-ring (bicyclic) bond motifs is 1. The lowest BCUT2D eigenvalue weighted by molar-refractivity contribution is -0.128. The Bertz CT molecular complexity index is 851. The van der Waals surface area contributed by atoms with Crippen LogP contribution in [-0.4, -0.2) is 36.3 Å². The molecule has 2 amide bonds. The zero-order chi connectivity index (χ0) is 18.1. The standard InChI is InChI=1S/C21H21ClN2O2/c22-18-6-3-4-15(12-18)8-10-23-14-17(13-20(23)25)21(26)24-11-9-16-5-1-2-7-19(16)24/h1-7,12,17H,8-11,13-14H2. The molecule has 0 bridgehead atoms. The SMILES string of the molecule is O=C1CC(C(=O)N2CCc3ccccc32)CN1CCc1cccc(Cl)c1. The Morgan fingerprint density at radius 2 is 2.00 bits per heavy atom. The van der Waals surface area contributed by atoms with Crippen LogP contribution in [0.15, 0.2) is 48.5 Å². The fraction of sp³-hybridized carbons (Fsp3) is 0.333. The van der Waals surface area contributed by atoms with Gasteiger partial charge < -0.3 is 9.80 Å². The summed E-state index contributed by atoms with van der Waals surface area (Å²) in [6.45, 7) is 1.85. The van der Waals surface area contributed by atoms with Crippen molar-refractivity contribution >= 4 is 29.1 Å². The number of carbonyl (C=O) groups excluding carboxylic acids is 2. The fourth-order valence-electron chi connectivity index (χ4n) is 3.90. The van der Waals surface area contributed by atoms with Crippen LogP contribution in [0, 0.1) is 5.92 Å². The Morgan fingerprint density at radius 3 is 2.85 bits per heavy atom. The highest BCUT2D eigenvalue weighted by Gasteiger charge is 2.38. The number of amides is 2. The summed E-state index contributed by atoms with van der Waals surface area (Å²) in [5.41, 5.74) is 3.32. The van der Waals surface area contributed by atoms with E-state index in [1.54, 1.807) is 0 Å². The smallest absolute Gasteiger partial charge is 0.232 e. The molecule has 4 nitrogen and oxygen atoms in total. The molecule has 1 fully saturated rings. The fourth-order valence-corrected chi connectivity index (χ4v) is 4.11. The van der Waals surface area contributed by atoms with Gasteiger partial charge in [-0.05, 0) is 42.2 Å². The van der Waals surface area contributed by atoms with Gasteiger partial charge >= 0.3 is 0 Å². The lowest BCUT2D eigenvalue weighted by Crippen LogP contribution is -2.36. The summed E-state index contributed by atoms with van der Waals surface area (Å²) >= 11 is 6.02. The van der Waals surface area contributed by atoms with Crippen molar-refractivity contribution in [2.45, 2.75) is 19.3 Å². The van der Waals surface area contributed by atoms with Crippen molar-refractivity contribution in [3.63, 3.8) is 0 Å². The molecule has 2 aliphatic rings. The van der Waals surface area contributed by atoms with Crippen LogP contribution in [0.1, 0.15) is 17.5 Å². The third-order valence-electron chi connectivity index (χ3n) is 5.28. The lowest BCUT2D eigenvalue weighted by Gasteiger charge is -2.21. The van der Waals surface area contributed by atoms with E-state index in [2.05, 4.69) is 6.07 Å². The number of anilines is 1. The molecular formula is C21H21ClN2O2. The number of halogens is 1. The zero-order valence-corrected chi connectivity index (χ0v) is 15.3. The Morgan fingerprint density at radius 1 is 1.15 bits per heavy atom. The Kier molecular flexibility index (Phi) is 4.68. The Labute approximate surface area is 158 Å². The Balaban J connectivity index is 1.39. The summed E-state index contributed by atoms with van der Waals surface area (Å²) in [6.07, 6.45) is 1.95. The predicted molar refractivity (Wildman–Crippen MR) is 102 cm³/mol. The molecule has 26 heavy (non-hydrogen) atoms. The van der Waals surface area contributed by atoms with E-state index in [-0.39, 0.29) is 17.7 Å². The summed E-state index contributed by atoms with van der Waals surface area (Å²) in [5.74, 6) is -0.0977. The quantitative estimate of drug-likeness (QED) is 0.830. The van der Waals surface area contributed by atoms with Crippen molar-refractivity contribution in [1.82, 2.24) is 4.90 Å². The van der Waals surface area contributed by atoms with Crippen LogP contribution < -0.4 is 4.90 Å². The molecule has 2 aliphatic heterocycles. The van der Waals surface area contributed by atoms with Crippen LogP contribution in [0.3, 0.4) is 0 Å². The normalized spacial score (nSPS) is 19.1. The first-order valence-corrected chi connectivity index (χ1v) is 9.41. The monoisotopic (exact) mass is 368 g/mol. The first-order valence-electron chi connectivity index (χ1n) is 9.03. The topological polar surface area (TPSA) is 40.6 Å². The van der Waals surface area contributed by atoms with Gasteiger partial charge in [0.15, 0.2) is 0 Å². The minimum atomic E-state index is -0.243. The largest absolute Gasteiger partial charge is 0.342 e. The third kappa shape index (κ3) is 3.34. The Hall–Kier alpha value is -2.33. The van der Waals surface area contributed by atoms with E-state index in [9.17, 15) is 9.59 Å². The molecule has 0 aliphatic carbocycles. The molecule has 134 valence electrons. The van der Waals surface area contributed by atoms with E-state index < -0.39 is 0 Å². The summed E-state index contributed by atoms with van der Waals surface area (Å²) < 4.78 is 0. The highest BCUT2D eigenvalue weighted by atomic mass is 35.5. The number of benzene rings is 2. The average Bonchev–Trinajstić information content (AvgIpc) is 3.23. The van der Waals surface area contributed by atoms with Crippen LogP contribution >= 0.6 is 11.6 Å². The molecule has 1 unspecified atom stereocenters. The molecule has 2 aromatic rings. The van der Waals surface area contributed by atoms with E-state index in [1.165, 1.54) is 5.56 Å². The molecule has 0 aromatic heterocycles. The number of hydrogen-bond acceptors (Lipinski definition) is 2. The molecule has 2 heterocycles. The van der Waals surface area contributed by atoms with Crippen molar-refractivity contribution in [1.29, 1.82) is 0 Å². The van der Waals surface area contributed by atoms with Gasteiger partial charge in [-0.2, -0.15) is 0 Å². The van der Waals surface area contributed by atoms with E-state index in [0.29, 0.717) is 31.1 Å². The van der Waals surface area contributed by atoms with Gasteiger partial charge in [0.2, 0.25) is 11.8 Å². The molecule has 0 saturated carbocycles. The average molecular weight is 369 g/mol. The van der Waals surface area contributed by atoms with Gasteiger partial charge in [-0.25, -0.2) is 0 Å². The van der Waals surface area contributed by atoms with Crippen molar-refractivity contribution in [2.75, 3.05) is 24.5 Å². The van der Waals surface area contributed by atoms with Gasteiger partial charge in [0.25, 0.3) is 0 Å². The van der Waals surface area contributed by atoms with E-state index in [1.807, 2.05) is 52.3 Å². The second-order valence-corrected chi connectivity index (χ2v) is 7.43. The molecule has 0 radical (unpaired) electrons. The van der Waals surface area contributed by atoms with Gasteiger partial charge in [0.1, 0.15) is 0 Å². The third-order valence-corrected chi connectivity index (χ3v) is 5.51. The molecule has 2 aromatic carbocycles. The van der Waals surface area contributed by atoms with E-state index in [0.717, 1.165) is 24.1 Å². The van der Waals surface area contributed by atoms with Crippen LogP contribution in [0.4, 0.5) is 5.69 Å². The number of likely N-dealkylation sites (tertiary alicyclic amines) is 1. The maximum atomic E-state index is 12.9. The number of carbonyl (C=O) groups is 2. The minimum Gasteiger partial charge on any atom is -0.342 e. The van der Waals surface area contributed by atoms with E-state index >= 15 is 0 Å². The van der Waals surface area contributed by atoms with Crippen LogP contribution in [0.25, 0.3) is 0 Å². The highest BCUT2D eigenvalue weighted by Crippen LogP contribution is 2.31. The number of nitrogens with zero attached hydrogens (tertiary/aromatic N) is 2. The molecule has 4 rings (SSSR count). The number of para-hydroxylation sites is 1. The minimum absolute atomic E-state index is 0.0675. The van der Waals surface area contributed by atoms with Gasteiger partial charge in [-0.15, -0.1) is 0 Å². The first-order chi connectivity index (χ1) is 12.6. The molecule has 1 atom stereocenters. The maximum absolute atomic E-state index is 12.9. The highest BCUT2D eigenvalue weighted by molar-refractivity contribution is 6.30. The van der Waals surface area contributed by atoms with Crippen molar-refractivity contribution in [3.05, 3.63) is 64.7 Å². The van der Waals surface area contributed by atoms with Gasteiger partial charge in [-0.3, -0.25) is 9.59 Å². The van der Waals surface area contributed by atoms with Gasteiger partial charge in [-0.1, -0.05) is 41.9 Å². The summed E-state index contributed by atoms with van der Waals surface area (Å²) in [6, 6.07) is 15.7. The van der Waals surface area contributed by atoms with Gasteiger partial charge in [0, 0.05) is 36.8 Å². The zero-order valence-electron chi connectivity index (χ0n) is 14.5. The van der Waals surface area contributed by atoms with E-state index in [4.69, 9.17) is 11.6 Å². The van der Waals surface area contributed by atoms with Crippen LogP contribution in [0.2, 0.25) is 5.02 Å². The molecular weight excluding hydrogens is 348 g/mol. The predicted octanol–water partition coefficient (Wildman–Crippen LogP) is 3.32. The van der Waals surface area contributed by atoms with Gasteiger partial charge in [0.05, 0.1) is 5.92 Å². The summed E-state index contributed by atoms with van der Waals surface area (Å²) in [4.78, 5) is 29.0. The first kappa shape index (κ1) is 17.1. The molecule has 0 N–H and O–H groups in total. The van der Waals surface area contributed by atoms with Crippen molar-refractivity contribution in [2.24, 2.45) is 5.92 Å². The number of rotatable bonds is 4. The summed E-state index contributed by atoms with van der Waals surface area (Å²) in [5, 5.41) is 0.705. The van der Waals surface area contributed by atoms with Crippen molar-refractivity contribution in [3.8, 4) is 0 Å². The molecule has 5 heteroatoms. The molecule has 1 saturated heterocycles. The maximum Gasteiger partial charge on any atom is 0.232 e. The lowest BCUT2D eigenvalue weighted by atomic mass is 10.1. The van der Waals surface area contributed by atoms with Crippen molar-refractivity contribution < 1.29 is 9.59 Å². The number of hydrogen-bond donors (Lipinski definition) is 0. The second-order valence-electron chi connectivity index (χ2n) is 6.99. The molecule has 0 spiro atoms.